The van der Waals surface area contributed by atoms with Gasteiger partial charge >= 0.3 is 6.03 Å². The minimum atomic E-state index is -0.333. The summed E-state index contributed by atoms with van der Waals surface area (Å²) in [6, 6.07) is 10.4. The fourth-order valence-electron chi connectivity index (χ4n) is 5.74. The van der Waals surface area contributed by atoms with Crippen molar-refractivity contribution < 1.29 is 18.7 Å². The summed E-state index contributed by atoms with van der Waals surface area (Å²) in [6.45, 7) is 9.65. The second-order valence-corrected chi connectivity index (χ2v) is 11.5. The smallest absolute Gasteiger partial charge is 0.321 e. The number of amides is 3. The molecule has 1 saturated heterocycles. The Morgan fingerprint density at radius 3 is 2.54 bits per heavy atom. The molecule has 3 aromatic heterocycles. The fourth-order valence-corrected chi connectivity index (χ4v) is 5.74. The summed E-state index contributed by atoms with van der Waals surface area (Å²) >= 11 is 0. The quantitative estimate of drug-likeness (QED) is 0.238. The average molecular weight is 627 g/mol. The minimum absolute atomic E-state index is 0.143. The molecule has 2 aliphatic heterocycles. The highest BCUT2D eigenvalue weighted by atomic mass is 16.5. The van der Waals surface area contributed by atoms with Crippen molar-refractivity contribution in [2.24, 2.45) is 0 Å². The average Bonchev–Trinajstić information content (AvgIpc) is 3.50. The molecule has 6 rings (SSSR count). The van der Waals surface area contributed by atoms with E-state index in [9.17, 15) is 14.4 Å². The second-order valence-electron chi connectivity index (χ2n) is 11.5. The number of anilines is 3. The van der Waals surface area contributed by atoms with Crippen LogP contribution in [0.4, 0.5) is 22.1 Å². The first-order valence-electron chi connectivity index (χ1n) is 15.5. The molecule has 4 aromatic rings. The van der Waals surface area contributed by atoms with Crippen molar-refractivity contribution in [1.82, 2.24) is 24.8 Å². The summed E-state index contributed by atoms with van der Waals surface area (Å²) in [5, 5.41) is 8.44. The Morgan fingerprint density at radius 1 is 0.978 bits per heavy atom. The van der Waals surface area contributed by atoms with Crippen LogP contribution in [0.25, 0.3) is 5.69 Å². The largest absolute Gasteiger partial charge is 0.459 e. The molecule has 13 nitrogen and oxygen atoms in total. The molecule has 0 radical (unpaired) electrons. The van der Waals surface area contributed by atoms with Gasteiger partial charge in [0.1, 0.15) is 5.69 Å². The number of benzene rings is 1. The maximum atomic E-state index is 13.8. The van der Waals surface area contributed by atoms with E-state index in [2.05, 4.69) is 35.7 Å². The van der Waals surface area contributed by atoms with Crippen LogP contribution in [0.5, 0.6) is 0 Å². The van der Waals surface area contributed by atoms with E-state index >= 15 is 0 Å². The number of urea groups is 1. The lowest BCUT2D eigenvalue weighted by Gasteiger charge is -2.31. The van der Waals surface area contributed by atoms with E-state index in [0.717, 1.165) is 61.7 Å². The van der Waals surface area contributed by atoms with Crippen LogP contribution in [0.15, 0.2) is 64.3 Å². The number of hydrogen-bond acceptors (Lipinski definition) is 9. The first kappa shape index (κ1) is 31.0. The number of furan rings is 1. The number of rotatable bonds is 9. The molecule has 0 unspecified atom stereocenters. The number of aromatic nitrogens is 3. The molecule has 0 bridgehead atoms. The zero-order chi connectivity index (χ0) is 32.0. The molecule has 0 saturated carbocycles. The van der Waals surface area contributed by atoms with Gasteiger partial charge < -0.3 is 24.7 Å². The molecule has 0 spiro atoms. The molecule has 5 heterocycles. The van der Waals surface area contributed by atoms with Gasteiger partial charge in [-0.3, -0.25) is 24.4 Å². The highest BCUT2D eigenvalue weighted by Gasteiger charge is 2.23. The Balaban J connectivity index is 1.07. The van der Waals surface area contributed by atoms with E-state index in [1.54, 1.807) is 47.3 Å². The number of carbonyl (C=O) groups excluding carboxylic acids is 2. The van der Waals surface area contributed by atoms with E-state index in [1.165, 1.54) is 6.26 Å². The summed E-state index contributed by atoms with van der Waals surface area (Å²) in [7, 11) is 0. The summed E-state index contributed by atoms with van der Waals surface area (Å²) in [5.74, 6) is 0.191. The van der Waals surface area contributed by atoms with Crippen molar-refractivity contribution in [2.45, 2.75) is 33.2 Å². The van der Waals surface area contributed by atoms with Crippen LogP contribution in [-0.2, 0) is 17.7 Å². The summed E-state index contributed by atoms with van der Waals surface area (Å²) in [5.41, 5.74) is 5.11. The molecule has 13 heteroatoms. The van der Waals surface area contributed by atoms with Crippen molar-refractivity contribution >= 4 is 29.3 Å². The number of nitrogens with zero attached hydrogens (tertiary/aromatic N) is 5. The predicted octanol–water partition coefficient (Wildman–Crippen LogP) is 3.50. The van der Waals surface area contributed by atoms with Crippen LogP contribution in [0.1, 0.15) is 39.4 Å². The fraction of sp³-hybridized carbons (Fsp3) is 0.364. The zero-order valence-corrected chi connectivity index (χ0v) is 26.0. The third-order valence-corrected chi connectivity index (χ3v) is 8.26. The normalized spacial score (nSPS) is 14.9. The van der Waals surface area contributed by atoms with Crippen molar-refractivity contribution in [3.05, 3.63) is 93.6 Å². The number of nitrogens with one attached hydrogen (secondary N) is 3. The molecular formula is C33H38N8O5. The molecule has 46 heavy (non-hydrogen) atoms. The van der Waals surface area contributed by atoms with Gasteiger partial charge in [-0.2, -0.15) is 0 Å². The van der Waals surface area contributed by atoms with Gasteiger partial charge in [-0.15, -0.1) is 0 Å². The SMILES string of the molecule is Cc1ccoc1C(=O)Nc1ccc(-n2ccc(C)c(N3CCc4nc(NC(=O)NCCCN5CCOCC5)ncc4C3)c2=O)cc1. The second kappa shape index (κ2) is 14.0. The van der Waals surface area contributed by atoms with Gasteiger partial charge in [-0.1, -0.05) is 0 Å². The Morgan fingerprint density at radius 2 is 1.78 bits per heavy atom. The van der Waals surface area contributed by atoms with Gasteiger partial charge in [-0.05, 0) is 68.8 Å². The van der Waals surface area contributed by atoms with E-state index < -0.39 is 0 Å². The standard InChI is InChI=1S/C33H38N8O5/c1-22-8-14-41(26-6-4-25(5-7-26)36-30(42)29-23(2)10-17-46-29)31(43)28(22)40-13-9-27-24(21-40)20-35-32(37-27)38-33(44)34-11-3-12-39-15-18-45-19-16-39/h4-8,10,14,17,20H,3,9,11-13,15-16,18-19,21H2,1-2H3,(H,36,42)(H2,34,35,37,38,44). The lowest BCUT2D eigenvalue weighted by molar-refractivity contribution is 0.0375. The maximum Gasteiger partial charge on any atom is 0.321 e. The highest BCUT2D eigenvalue weighted by Crippen LogP contribution is 2.25. The van der Waals surface area contributed by atoms with Crippen LogP contribution in [0, 0.1) is 13.8 Å². The van der Waals surface area contributed by atoms with Crippen LogP contribution in [0.3, 0.4) is 0 Å². The van der Waals surface area contributed by atoms with Crippen LogP contribution in [-0.4, -0.2) is 77.3 Å². The molecule has 0 aliphatic carbocycles. The van der Waals surface area contributed by atoms with Gasteiger partial charge in [0.15, 0.2) is 5.76 Å². The zero-order valence-electron chi connectivity index (χ0n) is 26.0. The lowest BCUT2D eigenvalue weighted by Crippen LogP contribution is -2.38. The third kappa shape index (κ3) is 7.11. The first-order chi connectivity index (χ1) is 22.4. The topological polar surface area (TPSA) is 147 Å². The van der Waals surface area contributed by atoms with Crippen molar-refractivity contribution in [3.63, 3.8) is 0 Å². The Labute approximate surface area is 266 Å². The van der Waals surface area contributed by atoms with Crippen LogP contribution < -0.4 is 26.4 Å². The highest BCUT2D eigenvalue weighted by molar-refractivity contribution is 6.03. The Hall–Kier alpha value is -5.01. The summed E-state index contributed by atoms with van der Waals surface area (Å²) < 4.78 is 12.2. The number of fused-ring (bicyclic) bond motifs is 1. The Kier molecular flexibility index (Phi) is 9.41. The van der Waals surface area contributed by atoms with Gasteiger partial charge in [0.05, 0.1) is 25.2 Å². The number of pyridine rings is 1. The molecule has 0 atom stereocenters. The van der Waals surface area contributed by atoms with Crippen LogP contribution >= 0.6 is 0 Å². The predicted molar refractivity (Wildman–Crippen MR) is 174 cm³/mol. The molecule has 1 aromatic carbocycles. The number of aryl methyl sites for hydroxylation is 2. The van der Waals surface area contributed by atoms with Crippen molar-refractivity contribution in [3.8, 4) is 5.69 Å². The van der Waals surface area contributed by atoms with E-state index in [-0.39, 0.29) is 29.2 Å². The molecule has 2 aliphatic rings. The van der Waals surface area contributed by atoms with Crippen molar-refractivity contribution in [2.75, 3.05) is 61.5 Å². The molecular weight excluding hydrogens is 588 g/mol. The molecule has 3 amide bonds. The van der Waals surface area contributed by atoms with Crippen molar-refractivity contribution in [1.29, 1.82) is 0 Å². The molecule has 3 N–H and O–H groups in total. The maximum absolute atomic E-state index is 13.8. The van der Waals surface area contributed by atoms with Gasteiger partial charge in [-0.25, -0.2) is 14.8 Å². The lowest BCUT2D eigenvalue weighted by atomic mass is 10.1. The van der Waals surface area contributed by atoms with E-state index in [0.29, 0.717) is 43.1 Å². The molecule has 1 fully saturated rings. The number of hydrogen-bond donors (Lipinski definition) is 3. The van der Waals surface area contributed by atoms with Crippen LogP contribution in [0.2, 0.25) is 0 Å². The summed E-state index contributed by atoms with van der Waals surface area (Å²) in [4.78, 5) is 52.0. The minimum Gasteiger partial charge on any atom is -0.459 e. The number of ether oxygens (including phenoxy) is 1. The third-order valence-electron chi connectivity index (χ3n) is 8.26. The number of carbonyl (C=O) groups is 2. The van der Waals surface area contributed by atoms with Gasteiger partial charge in [0.25, 0.3) is 11.5 Å². The van der Waals surface area contributed by atoms with E-state index in [4.69, 9.17) is 9.15 Å². The van der Waals surface area contributed by atoms with E-state index in [1.807, 2.05) is 19.9 Å². The molecule has 240 valence electrons. The van der Waals surface area contributed by atoms with Gasteiger partial charge in [0.2, 0.25) is 5.95 Å². The van der Waals surface area contributed by atoms with Gasteiger partial charge in [0, 0.05) is 74.0 Å². The number of morpholine rings is 1. The monoisotopic (exact) mass is 626 g/mol. The Bertz CT molecular complexity index is 1760. The summed E-state index contributed by atoms with van der Waals surface area (Å²) in [6.07, 6.45) is 6.41. The first-order valence-corrected chi connectivity index (χ1v) is 15.5.